The van der Waals surface area contributed by atoms with E-state index in [0.29, 0.717) is 11.5 Å². The van der Waals surface area contributed by atoms with Gasteiger partial charge in [-0.05, 0) is 70.0 Å². The maximum Gasteiger partial charge on any atom is 0.253 e. The first-order valence-electron chi connectivity index (χ1n) is 8.93. The third kappa shape index (κ3) is 5.94. The largest absolute Gasteiger partial charge is 0.339 e. The fraction of sp³-hybridized carbons (Fsp3) is 0.611. The molecule has 0 aliphatic carbocycles. The Morgan fingerprint density at radius 2 is 1.81 bits per heavy atom. The Morgan fingerprint density at radius 3 is 2.31 bits per heavy atom. The highest BCUT2D eigenvalue weighted by Gasteiger charge is 2.24. The fourth-order valence-corrected chi connectivity index (χ4v) is 4.33. The average Bonchev–Trinajstić information content (AvgIpc) is 2.61. The number of carbonyl (C=O) groups is 1. The number of hydrogen-bond acceptors (Lipinski definition) is 4. The summed E-state index contributed by atoms with van der Waals surface area (Å²) < 4.78 is 27.2. The highest BCUT2D eigenvalue weighted by Crippen LogP contribution is 2.19. The number of piperidine rings is 1. The highest BCUT2D eigenvalue weighted by atomic mass is 35.5. The van der Waals surface area contributed by atoms with Gasteiger partial charge in [-0.25, -0.2) is 13.1 Å². The summed E-state index contributed by atoms with van der Waals surface area (Å²) in [5.41, 5.74) is 0.537. The molecule has 1 atom stereocenters. The highest BCUT2D eigenvalue weighted by molar-refractivity contribution is 7.89. The third-order valence-corrected chi connectivity index (χ3v) is 6.38. The molecule has 2 rings (SSSR count). The molecule has 26 heavy (non-hydrogen) atoms. The SMILES string of the molecule is CCC(C)NS(=O)(=O)c1ccc(C(=O)N2CCC(CNC)CC2)cc1.Cl. The quantitative estimate of drug-likeness (QED) is 0.731. The van der Waals surface area contributed by atoms with Gasteiger partial charge >= 0.3 is 0 Å². The summed E-state index contributed by atoms with van der Waals surface area (Å²) >= 11 is 0. The second kappa shape index (κ2) is 10.3. The van der Waals surface area contributed by atoms with Crippen molar-refractivity contribution in [1.29, 1.82) is 0 Å². The predicted octanol–water partition coefficient (Wildman–Crippen LogP) is 2.26. The molecular formula is C18H30ClN3O3S. The summed E-state index contributed by atoms with van der Waals surface area (Å²) in [5, 5.41) is 3.18. The first kappa shape index (κ1) is 22.9. The van der Waals surface area contributed by atoms with Crippen molar-refractivity contribution in [2.75, 3.05) is 26.7 Å². The Bertz CT molecular complexity index is 671. The van der Waals surface area contributed by atoms with Crippen molar-refractivity contribution in [3.63, 3.8) is 0 Å². The maximum atomic E-state index is 12.6. The number of carbonyl (C=O) groups excluding carboxylic acids is 1. The van der Waals surface area contributed by atoms with Crippen LogP contribution in [0.4, 0.5) is 0 Å². The summed E-state index contributed by atoms with van der Waals surface area (Å²) in [4.78, 5) is 14.6. The van der Waals surface area contributed by atoms with Crippen LogP contribution < -0.4 is 10.0 Å². The Hall–Kier alpha value is -1.15. The number of amides is 1. The topological polar surface area (TPSA) is 78.5 Å². The summed E-state index contributed by atoms with van der Waals surface area (Å²) in [6.07, 6.45) is 2.72. The molecule has 1 aromatic rings. The molecule has 1 saturated heterocycles. The molecule has 0 saturated carbocycles. The molecule has 1 unspecified atom stereocenters. The molecule has 0 radical (unpaired) electrons. The van der Waals surface area contributed by atoms with Crippen molar-refractivity contribution in [3.05, 3.63) is 29.8 Å². The minimum absolute atomic E-state index is 0. The van der Waals surface area contributed by atoms with E-state index in [1.807, 2.05) is 25.8 Å². The van der Waals surface area contributed by atoms with Gasteiger partial charge in [0.05, 0.1) is 4.90 Å². The van der Waals surface area contributed by atoms with Crippen LogP contribution in [0.25, 0.3) is 0 Å². The van der Waals surface area contributed by atoms with E-state index in [1.54, 1.807) is 12.1 Å². The lowest BCUT2D eigenvalue weighted by Gasteiger charge is -2.32. The van der Waals surface area contributed by atoms with Gasteiger partial charge in [0.25, 0.3) is 5.91 Å². The van der Waals surface area contributed by atoms with Crippen LogP contribution in [0.15, 0.2) is 29.2 Å². The number of halogens is 1. The number of nitrogens with one attached hydrogen (secondary N) is 2. The van der Waals surface area contributed by atoms with Gasteiger partial charge < -0.3 is 10.2 Å². The van der Waals surface area contributed by atoms with E-state index in [4.69, 9.17) is 0 Å². The van der Waals surface area contributed by atoms with Gasteiger partial charge in [0, 0.05) is 24.7 Å². The van der Waals surface area contributed by atoms with Gasteiger partial charge in [0.2, 0.25) is 10.0 Å². The van der Waals surface area contributed by atoms with Crippen LogP contribution in [-0.4, -0.2) is 51.9 Å². The van der Waals surface area contributed by atoms with Crippen molar-refractivity contribution in [2.45, 2.75) is 44.0 Å². The standard InChI is InChI=1S/C18H29N3O3S.ClH/c1-4-14(2)20-25(23,24)17-7-5-16(6-8-17)18(22)21-11-9-15(10-12-21)13-19-3;/h5-8,14-15,19-20H,4,9-13H2,1-3H3;1H. The zero-order valence-electron chi connectivity index (χ0n) is 15.7. The zero-order valence-corrected chi connectivity index (χ0v) is 17.3. The van der Waals surface area contributed by atoms with Crippen LogP contribution in [0, 0.1) is 5.92 Å². The van der Waals surface area contributed by atoms with Crippen LogP contribution in [0.3, 0.4) is 0 Å². The molecule has 1 aromatic carbocycles. The number of benzene rings is 1. The minimum Gasteiger partial charge on any atom is -0.339 e. The summed E-state index contributed by atoms with van der Waals surface area (Å²) in [6.45, 7) is 6.24. The Balaban J connectivity index is 0.00000338. The lowest BCUT2D eigenvalue weighted by molar-refractivity contribution is 0.0691. The Labute approximate surface area is 163 Å². The first-order valence-corrected chi connectivity index (χ1v) is 10.4. The van der Waals surface area contributed by atoms with Crippen LogP contribution in [-0.2, 0) is 10.0 Å². The van der Waals surface area contributed by atoms with Crippen LogP contribution >= 0.6 is 12.4 Å². The van der Waals surface area contributed by atoms with Gasteiger partial charge in [-0.3, -0.25) is 4.79 Å². The molecule has 8 heteroatoms. The molecular weight excluding hydrogens is 374 g/mol. The number of rotatable bonds is 7. The number of sulfonamides is 1. The first-order chi connectivity index (χ1) is 11.9. The second-order valence-electron chi connectivity index (χ2n) is 6.75. The van der Waals surface area contributed by atoms with Gasteiger partial charge in [-0.15, -0.1) is 12.4 Å². The normalized spacial score (nSPS) is 16.8. The van der Waals surface area contributed by atoms with E-state index in [0.717, 1.165) is 38.9 Å². The summed E-state index contributed by atoms with van der Waals surface area (Å²) in [6, 6.07) is 6.10. The molecule has 6 nitrogen and oxygen atoms in total. The molecule has 0 aromatic heterocycles. The lowest BCUT2D eigenvalue weighted by atomic mass is 9.96. The summed E-state index contributed by atoms with van der Waals surface area (Å²) in [7, 11) is -1.59. The number of hydrogen-bond donors (Lipinski definition) is 2. The van der Waals surface area contributed by atoms with Crippen molar-refractivity contribution in [3.8, 4) is 0 Å². The second-order valence-corrected chi connectivity index (χ2v) is 8.46. The molecule has 2 N–H and O–H groups in total. The van der Waals surface area contributed by atoms with Crippen molar-refractivity contribution < 1.29 is 13.2 Å². The zero-order chi connectivity index (χ0) is 18.4. The predicted molar refractivity (Wildman–Crippen MR) is 106 cm³/mol. The molecule has 1 heterocycles. The van der Waals surface area contributed by atoms with Crippen molar-refractivity contribution in [1.82, 2.24) is 14.9 Å². The number of nitrogens with zero attached hydrogens (tertiary/aromatic N) is 1. The molecule has 148 valence electrons. The average molecular weight is 404 g/mol. The van der Waals surface area contributed by atoms with E-state index in [1.165, 1.54) is 12.1 Å². The van der Waals surface area contributed by atoms with Gasteiger partial charge in [0.1, 0.15) is 0 Å². The van der Waals surface area contributed by atoms with Crippen LogP contribution in [0.5, 0.6) is 0 Å². The van der Waals surface area contributed by atoms with E-state index < -0.39 is 10.0 Å². The van der Waals surface area contributed by atoms with E-state index >= 15 is 0 Å². The molecule has 1 fully saturated rings. The molecule has 1 aliphatic heterocycles. The maximum absolute atomic E-state index is 12.6. The van der Waals surface area contributed by atoms with E-state index in [-0.39, 0.29) is 29.3 Å². The smallest absolute Gasteiger partial charge is 0.253 e. The van der Waals surface area contributed by atoms with Gasteiger partial charge in [-0.1, -0.05) is 6.92 Å². The van der Waals surface area contributed by atoms with Gasteiger partial charge in [0.15, 0.2) is 0 Å². The Morgan fingerprint density at radius 1 is 1.23 bits per heavy atom. The summed E-state index contributed by atoms with van der Waals surface area (Å²) in [5.74, 6) is 0.593. The Kier molecular flexibility index (Phi) is 9.03. The number of likely N-dealkylation sites (tertiary alicyclic amines) is 1. The molecule has 0 spiro atoms. The van der Waals surface area contributed by atoms with Crippen LogP contribution in [0.1, 0.15) is 43.5 Å². The molecule has 1 aliphatic rings. The monoisotopic (exact) mass is 403 g/mol. The van der Waals surface area contributed by atoms with E-state index in [2.05, 4.69) is 10.0 Å². The van der Waals surface area contributed by atoms with Gasteiger partial charge in [-0.2, -0.15) is 0 Å². The fourth-order valence-electron chi connectivity index (χ4n) is 3.00. The third-order valence-electron chi connectivity index (χ3n) is 4.77. The van der Waals surface area contributed by atoms with Crippen LogP contribution in [0.2, 0.25) is 0 Å². The minimum atomic E-state index is -3.53. The molecule has 0 bridgehead atoms. The lowest BCUT2D eigenvalue weighted by Crippen LogP contribution is -2.40. The van der Waals surface area contributed by atoms with E-state index in [9.17, 15) is 13.2 Å². The molecule has 1 amide bonds. The van der Waals surface area contributed by atoms with Crippen molar-refractivity contribution >= 4 is 28.3 Å². The van der Waals surface area contributed by atoms with Crippen molar-refractivity contribution in [2.24, 2.45) is 5.92 Å².